The minimum Gasteiger partial charge on any atom is -0.497 e. The van der Waals surface area contributed by atoms with Gasteiger partial charge in [0.2, 0.25) is 5.91 Å². The molecule has 2 aliphatic rings. The van der Waals surface area contributed by atoms with Crippen LogP contribution in [0.25, 0.3) is 0 Å². The molecular formula is C20H21N3O3. The van der Waals surface area contributed by atoms with Gasteiger partial charge in [-0.15, -0.1) is 0 Å². The topological polar surface area (TPSA) is 70.7 Å². The molecule has 0 unspecified atom stereocenters. The Kier molecular flexibility index (Phi) is 4.24. The normalized spacial score (nSPS) is 18.4. The van der Waals surface area contributed by atoms with E-state index in [9.17, 15) is 9.59 Å². The van der Waals surface area contributed by atoms with Crippen LogP contribution in [0, 0.1) is 0 Å². The maximum absolute atomic E-state index is 12.8. The number of rotatable bonds is 3. The lowest BCUT2D eigenvalue weighted by molar-refractivity contribution is -0.115. The van der Waals surface area contributed by atoms with Crippen molar-refractivity contribution >= 4 is 23.3 Å². The SMILES string of the molecule is COc1cccc([C@@H]2CCCN2C(=O)Nc2ccc3c(c2)CC(=O)N3)c1. The summed E-state index contributed by atoms with van der Waals surface area (Å²) < 4.78 is 5.30. The van der Waals surface area contributed by atoms with Crippen LogP contribution in [0.3, 0.4) is 0 Å². The molecule has 0 spiro atoms. The van der Waals surface area contributed by atoms with E-state index in [1.165, 1.54) is 0 Å². The molecule has 2 aromatic carbocycles. The first kappa shape index (κ1) is 16.4. The average molecular weight is 351 g/mol. The highest BCUT2D eigenvalue weighted by Crippen LogP contribution is 2.34. The molecule has 0 radical (unpaired) electrons. The molecule has 2 heterocycles. The van der Waals surface area contributed by atoms with Crippen molar-refractivity contribution in [3.8, 4) is 5.75 Å². The largest absolute Gasteiger partial charge is 0.497 e. The minimum atomic E-state index is -0.118. The van der Waals surface area contributed by atoms with E-state index in [4.69, 9.17) is 4.74 Å². The zero-order valence-corrected chi connectivity index (χ0v) is 14.6. The summed E-state index contributed by atoms with van der Waals surface area (Å²) in [6.07, 6.45) is 2.26. The number of methoxy groups -OCH3 is 1. The summed E-state index contributed by atoms with van der Waals surface area (Å²) in [5.74, 6) is 0.784. The summed E-state index contributed by atoms with van der Waals surface area (Å²) in [6, 6.07) is 13.3. The number of hydrogen-bond acceptors (Lipinski definition) is 3. The Hall–Kier alpha value is -3.02. The molecule has 0 aliphatic carbocycles. The van der Waals surface area contributed by atoms with Gasteiger partial charge in [0.15, 0.2) is 0 Å². The molecule has 1 fully saturated rings. The molecule has 0 saturated carbocycles. The lowest BCUT2D eigenvalue weighted by atomic mass is 10.0. The van der Waals surface area contributed by atoms with Crippen LogP contribution in [-0.2, 0) is 11.2 Å². The van der Waals surface area contributed by atoms with Crippen molar-refractivity contribution in [1.29, 1.82) is 0 Å². The van der Waals surface area contributed by atoms with E-state index in [0.717, 1.165) is 42.0 Å². The third-order valence-corrected chi connectivity index (χ3v) is 4.97. The number of nitrogens with zero attached hydrogens (tertiary/aromatic N) is 1. The Morgan fingerprint density at radius 2 is 2.15 bits per heavy atom. The maximum Gasteiger partial charge on any atom is 0.322 e. The second-order valence-electron chi connectivity index (χ2n) is 6.66. The van der Waals surface area contributed by atoms with Gasteiger partial charge >= 0.3 is 6.03 Å². The highest BCUT2D eigenvalue weighted by atomic mass is 16.5. The second-order valence-corrected chi connectivity index (χ2v) is 6.66. The number of nitrogens with one attached hydrogen (secondary N) is 2. The third kappa shape index (κ3) is 3.10. The van der Waals surface area contributed by atoms with Gasteiger partial charge in [0.05, 0.1) is 19.6 Å². The Labute approximate surface area is 152 Å². The summed E-state index contributed by atoms with van der Waals surface area (Å²) >= 11 is 0. The van der Waals surface area contributed by atoms with E-state index in [-0.39, 0.29) is 18.0 Å². The second kappa shape index (κ2) is 6.71. The van der Waals surface area contributed by atoms with Gasteiger partial charge in [0.25, 0.3) is 0 Å². The molecule has 1 saturated heterocycles. The van der Waals surface area contributed by atoms with Gasteiger partial charge in [-0.3, -0.25) is 4.79 Å². The molecule has 2 N–H and O–H groups in total. The van der Waals surface area contributed by atoms with Gasteiger partial charge in [-0.05, 0) is 54.3 Å². The molecule has 3 amide bonds. The summed E-state index contributed by atoms with van der Waals surface area (Å²) in [4.78, 5) is 26.2. The number of carbonyl (C=O) groups is 2. The molecule has 6 heteroatoms. The van der Waals surface area contributed by atoms with Gasteiger partial charge < -0.3 is 20.3 Å². The molecule has 6 nitrogen and oxygen atoms in total. The number of anilines is 2. The lowest BCUT2D eigenvalue weighted by Crippen LogP contribution is -2.34. The molecule has 0 bridgehead atoms. The van der Waals surface area contributed by atoms with Crippen molar-refractivity contribution in [2.75, 3.05) is 24.3 Å². The van der Waals surface area contributed by atoms with Crippen LogP contribution in [0.4, 0.5) is 16.2 Å². The number of benzene rings is 2. The maximum atomic E-state index is 12.8. The molecule has 1 atom stereocenters. The lowest BCUT2D eigenvalue weighted by Gasteiger charge is -2.25. The van der Waals surface area contributed by atoms with Gasteiger partial charge in [-0.1, -0.05) is 12.1 Å². The number of ether oxygens (including phenoxy) is 1. The van der Waals surface area contributed by atoms with Gasteiger partial charge in [-0.25, -0.2) is 4.79 Å². The molecule has 2 aliphatic heterocycles. The van der Waals surface area contributed by atoms with Crippen LogP contribution >= 0.6 is 0 Å². The van der Waals surface area contributed by atoms with Gasteiger partial charge in [0, 0.05) is 17.9 Å². The number of hydrogen-bond donors (Lipinski definition) is 2. The molecule has 134 valence electrons. The van der Waals surface area contributed by atoms with Crippen molar-refractivity contribution in [3.05, 3.63) is 53.6 Å². The van der Waals surface area contributed by atoms with E-state index >= 15 is 0 Å². The standard InChI is InChI=1S/C20H21N3O3/c1-26-16-5-2-4-13(11-16)18-6-3-9-23(18)20(25)21-15-7-8-17-14(10-15)12-19(24)22-17/h2,4-5,7-8,10-11,18H,3,6,9,12H2,1H3,(H,21,25)(H,22,24)/t18-/m0/s1. The molecule has 2 aromatic rings. The van der Waals surface area contributed by atoms with Crippen molar-refractivity contribution in [2.45, 2.75) is 25.3 Å². The minimum absolute atomic E-state index is 0.0129. The molecule has 4 rings (SSSR count). The first-order chi connectivity index (χ1) is 12.6. The first-order valence-electron chi connectivity index (χ1n) is 8.78. The van der Waals surface area contributed by atoms with Crippen molar-refractivity contribution in [2.24, 2.45) is 0 Å². The van der Waals surface area contributed by atoms with Gasteiger partial charge in [-0.2, -0.15) is 0 Å². The van der Waals surface area contributed by atoms with Crippen molar-refractivity contribution < 1.29 is 14.3 Å². The smallest absolute Gasteiger partial charge is 0.322 e. The third-order valence-electron chi connectivity index (χ3n) is 4.97. The molecule has 0 aromatic heterocycles. The summed E-state index contributed by atoms with van der Waals surface area (Å²) in [5, 5.41) is 5.77. The zero-order valence-electron chi connectivity index (χ0n) is 14.6. The van der Waals surface area contributed by atoms with Gasteiger partial charge in [0.1, 0.15) is 5.75 Å². The number of carbonyl (C=O) groups excluding carboxylic acids is 2. The van der Waals surface area contributed by atoms with Crippen LogP contribution in [-0.4, -0.2) is 30.5 Å². The van der Waals surface area contributed by atoms with Crippen LogP contribution in [0.15, 0.2) is 42.5 Å². The quantitative estimate of drug-likeness (QED) is 0.888. The van der Waals surface area contributed by atoms with E-state index in [0.29, 0.717) is 12.1 Å². The van der Waals surface area contributed by atoms with E-state index in [1.807, 2.05) is 47.4 Å². The Bertz CT molecular complexity index is 865. The summed E-state index contributed by atoms with van der Waals surface area (Å²) in [7, 11) is 1.64. The zero-order chi connectivity index (χ0) is 18.1. The highest BCUT2D eigenvalue weighted by molar-refractivity contribution is 6.00. The fourth-order valence-electron chi connectivity index (χ4n) is 3.71. The van der Waals surface area contributed by atoms with Crippen LogP contribution in [0.2, 0.25) is 0 Å². The van der Waals surface area contributed by atoms with E-state index < -0.39 is 0 Å². The predicted octanol–water partition coefficient (Wildman–Crippen LogP) is 3.56. The number of likely N-dealkylation sites (tertiary alicyclic amines) is 1. The fraction of sp³-hybridized carbons (Fsp3) is 0.300. The fourth-order valence-corrected chi connectivity index (χ4v) is 3.71. The van der Waals surface area contributed by atoms with Crippen LogP contribution < -0.4 is 15.4 Å². The summed E-state index contributed by atoms with van der Waals surface area (Å²) in [5.41, 5.74) is 3.53. The first-order valence-corrected chi connectivity index (χ1v) is 8.78. The average Bonchev–Trinajstić information content (AvgIpc) is 3.27. The Balaban J connectivity index is 1.50. The Morgan fingerprint density at radius 1 is 1.27 bits per heavy atom. The monoisotopic (exact) mass is 351 g/mol. The number of fused-ring (bicyclic) bond motifs is 1. The van der Waals surface area contributed by atoms with E-state index in [1.54, 1.807) is 7.11 Å². The van der Waals surface area contributed by atoms with Crippen LogP contribution in [0.5, 0.6) is 5.75 Å². The van der Waals surface area contributed by atoms with E-state index in [2.05, 4.69) is 10.6 Å². The van der Waals surface area contributed by atoms with Crippen LogP contribution in [0.1, 0.15) is 30.0 Å². The summed E-state index contributed by atoms with van der Waals surface area (Å²) in [6.45, 7) is 0.721. The van der Waals surface area contributed by atoms with Crippen molar-refractivity contribution in [1.82, 2.24) is 4.90 Å². The highest BCUT2D eigenvalue weighted by Gasteiger charge is 2.30. The number of amides is 3. The Morgan fingerprint density at radius 3 is 3.00 bits per heavy atom. The molecule has 26 heavy (non-hydrogen) atoms. The number of urea groups is 1. The van der Waals surface area contributed by atoms with Crippen molar-refractivity contribution in [3.63, 3.8) is 0 Å². The molecular weight excluding hydrogens is 330 g/mol. The predicted molar refractivity (Wildman–Crippen MR) is 99.5 cm³/mol.